The Kier molecular flexibility index (Phi) is 2.87. The van der Waals surface area contributed by atoms with Crippen LogP contribution in [0.2, 0.25) is 0 Å². The van der Waals surface area contributed by atoms with Gasteiger partial charge in [0, 0.05) is 18.2 Å². The van der Waals surface area contributed by atoms with Crippen molar-refractivity contribution >= 4 is 11.6 Å². The highest BCUT2D eigenvalue weighted by Gasteiger charge is 2.64. The number of fused-ring (bicyclic) bond motifs is 7. The summed E-state index contributed by atoms with van der Waals surface area (Å²) in [6.07, 6.45) is 7.74. The number of nitrogens with one attached hydrogen (secondary N) is 1. The lowest BCUT2D eigenvalue weighted by Crippen LogP contribution is -2.64. The summed E-state index contributed by atoms with van der Waals surface area (Å²) in [6, 6.07) is 8.10. The van der Waals surface area contributed by atoms with Crippen molar-refractivity contribution in [1.29, 1.82) is 0 Å². The van der Waals surface area contributed by atoms with Gasteiger partial charge < -0.3 is 10.2 Å². The highest BCUT2D eigenvalue weighted by molar-refractivity contribution is 6.02. The van der Waals surface area contributed by atoms with E-state index in [-0.39, 0.29) is 11.6 Å². The van der Waals surface area contributed by atoms with E-state index in [1.165, 1.54) is 32.1 Å². The van der Waals surface area contributed by atoms with E-state index in [0.717, 1.165) is 42.0 Å². The Morgan fingerprint density at radius 3 is 2.96 bits per heavy atom. The first-order valence-electron chi connectivity index (χ1n) is 9.44. The Labute approximate surface area is 138 Å². The van der Waals surface area contributed by atoms with Gasteiger partial charge in [-0.2, -0.15) is 0 Å². The Morgan fingerprint density at radius 1 is 1.26 bits per heavy atom. The van der Waals surface area contributed by atoms with E-state index in [0.29, 0.717) is 5.92 Å². The van der Waals surface area contributed by atoms with Gasteiger partial charge in [0.15, 0.2) is 0 Å². The van der Waals surface area contributed by atoms with Gasteiger partial charge in [-0.1, -0.05) is 25.5 Å². The highest BCUT2D eigenvalue weighted by Crippen LogP contribution is 2.64. The zero-order valence-electron chi connectivity index (χ0n) is 13.9. The van der Waals surface area contributed by atoms with Crippen molar-refractivity contribution in [2.24, 2.45) is 23.7 Å². The molecule has 4 aliphatic rings. The predicted molar refractivity (Wildman–Crippen MR) is 91.2 cm³/mol. The van der Waals surface area contributed by atoms with Gasteiger partial charge in [0.25, 0.3) is 5.91 Å². The molecule has 1 amide bonds. The second kappa shape index (κ2) is 4.75. The molecule has 3 nitrogen and oxygen atoms in total. The van der Waals surface area contributed by atoms with Crippen molar-refractivity contribution in [3.8, 4) is 0 Å². The van der Waals surface area contributed by atoms with Crippen molar-refractivity contribution in [2.45, 2.75) is 51.1 Å². The molecule has 5 rings (SSSR count). The van der Waals surface area contributed by atoms with Crippen LogP contribution in [0.25, 0.3) is 0 Å². The molecule has 1 aliphatic heterocycles. The van der Waals surface area contributed by atoms with Crippen LogP contribution >= 0.6 is 0 Å². The molecule has 5 atom stereocenters. The molecule has 1 aromatic rings. The van der Waals surface area contributed by atoms with Gasteiger partial charge in [0.2, 0.25) is 0 Å². The van der Waals surface area contributed by atoms with Crippen LogP contribution in [-0.2, 0) is 0 Å². The fourth-order valence-corrected chi connectivity index (χ4v) is 6.50. The van der Waals surface area contributed by atoms with E-state index in [9.17, 15) is 4.79 Å². The molecule has 3 aliphatic carbocycles. The summed E-state index contributed by atoms with van der Waals surface area (Å²) in [5.41, 5.74) is 1.82. The number of carbonyl (C=O) groups is 1. The first-order chi connectivity index (χ1) is 11.2. The predicted octanol–water partition coefficient (Wildman–Crippen LogP) is 4.12. The van der Waals surface area contributed by atoms with E-state index < -0.39 is 0 Å². The minimum Gasteiger partial charge on any atom is -0.362 e. The minimum absolute atomic E-state index is 0.0996. The van der Waals surface area contributed by atoms with Gasteiger partial charge in [0.05, 0.1) is 5.56 Å². The number of hydrogen-bond acceptors (Lipinski definition) is 2. The van der Waals surface area contributed by atoms with E-state index in [2.05, 4.69) is 23.2 Å². The van der Waals surface area contributed by atoms with Crippen molar-refractivity contribution in [2.75, 3.05) is 11.9 Å². The maximum absolute atomic E-state index is 13.2. The van der Waals surface area contributed by atoms with Crippen LogP contribution in [-0.4, -0.2) is 23.0 Å². The first-order valence-corrected chi connectivity index (χ1v) is 9.44. The molecular weight excluding hydrogens is 284 g/mol. The number of carbonyl (C=O) groups excluding carboxylic acids is 1. The van der Waals surface area contributed by atoms with Gasteiger partial charge in [-0.3, -0.25) is 4.79 Å². The van der Waals surface area contributed by atoms with Crippen LogP contribution < -0.4 is 5.32 Å². The zero-order chi connectivity index (χ0) is 15.6. The van der Waals surface area contributed by atoms with Gasteiger partial charge in [0.1, 0.15) is 5.66 Å². The number of amides is 1. The quantitative estimate of drug-likeness (QED) is 0.891. The highest BCUT2D eigenvalue weighted by atomic mass is 16.2. The maximum atomic E-state index is 13.2. The minimum atomic E-state index is -0.0996. The Bertz CT molecular complexity index is 657. The number of hydrogen-bond donors (Lipinski definition) is 1. The summed E-state index contributed by atoms with van der Waals surface area (Å²) in [4.78, 5) is 15.4. The molecule has 1 heterocycles. The van der Waals surface area contributed by atoms with Gasteiger partial charge in [-0.25, -0.2) is 0 Å². The monoisotopic (exact) mass is 310 g/mol. The average molecular weight is 310 g/mol. The third-order valence-corrected chi connectivity index (χ3v) is 7.17. The fourth-order valence-electron chi connectivity index (χ4n) is 6.50. The lowest BCUT2D eigenvalue weighted by Gasteiger charge is -2.53. The Morgan fingerprint density at radius 2 is 2.09 bits per heavy atom. The third-order valence-electron chi connectivity index (χ3n) is 7.17. The number of anilines is 1. The van der Waals surface area contributed by atoms with Crippen molar-refractivity contribution < 1.29 is 4.79 Å². The SMILES string of the molecule is CCCN1C(=O)c2ccccc2N[C@]12C[C@H]1C[C@@H]2[C@H]2CCC[C@H]12. The van der Waals surface area contributed by atoms with Crippen molar-refractivity contribution in [1.82, 2.24) is 4.90 Å². The zero-order valence-corrected chi connectivity index (χ0v) is 13.9. The maximum Gasteiger partial charge on any atom is 0.257 e. The second-order valence-electron chi connectivity index (χ2n) is 8.12. The van der Waals surface area contributed by atoms with Gasteiger partial charge >= 0.3 is 0 Å². The summed E-state index contributed by atoms with van der Waals surface area (Å²) in [6.45, 7) is 3.06. The molecule has 122 valence electrons. The molecule has 23 heavy (non-hydrogen) atoms. The second-order valence-corrected chi connectivity index (χ2v) is 8.12. The summed E-state index contributed by atoms with van der Waals surface area (Å²) >= 11 is 0. The van der Waals surface area contributed by atoms with Crippen LogP contribution in [0.1, 0.15) is 55.8 Å². The lowest BCUT2D eigenvalue weighted by atomic mass is 9.73. The number of para-hydroxylation sites is 1. The Balaban J connectivity index is 1.60. The smallest absolute Gasteiger partial charge is 0.257 e. The van der Waals surface area contributed by atoms with E-state index in [4.69, 9.17) is 0 Å². The molecule has 3 fully saturated rings. The number of rotatable bonds is 2. The van der Waals surface area contributed by atoms with Gasteiger partial charge in [-0.05, 0) is 62.0 Å². The summed E-state index contributed by atoms with van der Waals surface area (Å²) < 4.78 is 0. The molecule has 0 saturated heterocycles. The first kappa shape index (κ1) is 13.9. The molecule has 3 heteroatoms. The molecule has 1 spiro atoms. The van der Waals surface area contributed by atoms with Gasteiger partial charge in [-0.15, -0.1) is 0 Å². The van der Waals surface area contributed by atoms with Crippen LogP contribution in [0.4, 0.5) is 5.69 Å². The largest absolute Gasteiger partial charge is 0.362 e. The topological polar surface area (TPSA) is 32.3 Å². The van der Waals surface area contributed by atoms with Crippen LogP contribution in [0.15, 0.2) is 24.3 Å². The fraction of sp³-hybridized carbons (Fsp3) is 0.650. The molecule has 1 N–H and O–H groups in total. The van der Waals surface area contributed by atoms with Crippen LogP contribution in [0.3, 0.4) is 0 Å². The normalized spacial score (nSPS) is 40.4. The van der Waals surface area contributed by atoms with Crippen LogP contribution in [0.5, 0.6) is 0 Å². The summed E-state index contributed by atoms with van der Waals surface area (Å²) in [7, 11) is 0. The summed E-state index contributed by atoms with van der Waals surface area (Å²) in [5, 5.41) is 3.89. The molecule has 1 aromatic carbocycles. The van der Waals surface area contributed by atoms with E-state index in [1.807, 2.05) is 18.2 Å². The molecular formula is C20H26N2O. The molecule has 0 radical (unpaired) electrons. The molecule has 2 bridgehead atoms. The third kappa shape index (κ3) is 1.68. The standard InChI is InChI=1S/C20H26N2O/c1-2-10-22-19(23)16-6-3-4-9-18(16)21-20(22)12-13-11-17(20)15-8-5-7-14(13)15/h3-4,6,9,13-15,17,21H,2,5,7-8,10-12H2,1H3/t13-,14-,15+,17-,20-/m1/s1. The van der Waals surface area contributed by atoms with Crippen molar-refractivity contribution in [3.63, 3.8) is 0 Å². The summed E-state index contributed by atoms with van der Waals surface area (Å²) in [5.74, 6) is 3.53. The molecule has 0 unspecified atom stereocenters. The molecule has 3 saturated carbocycles. The Hall–Kier alpha value is -1.51. The van der Waals surface area contributed by atoms with Crippen molar-refractivity contribution in [3.05, 3.63) is 29.8 Å². The number of benzene rings is 1. The van der Waals surface area contributed by atoms with E-state index >= 15 is 0 Å². The lowest BCUT2D eigenvalue weighted by molar-refractivity contribution is 0.0147. The van der Waals surface area contributed by atoms with Crippen LogP contribution in [0, 0.1) is 23.7 Å². The molecule has 0 aromatic heterocycles. The van der Waals surface area contributed by atoms with E-state index in [1.54, 1.807) is 0 Å². The average Bonchev–Trinajstić information content (AvgIpc) is 3.23. The number of nitrogens with zero attached hydrogens (tertiary/aromatic N) is 1.